The van der Waals surface area contributed by atoms with Gasteiger partial charge < -0.3 is 20.1 Å². The topological polar surface area (TPSA) is 58.1 Å². The van der Waals surface area contributed by atoms with Crippen LogP contribution >= 0.6 is 0 Å². The van der Waals surface area contributed by atoms with Crippen molar-refractivity contribution in [2.75, 3.05) is 46.4 Å². The van der Waals surface area contributed by atoms with Crippen molar-refractivity contribution in [1.29, 1.82) is 0 Å². The second-order valence-electron chi connectivity index (χ2n) is 7.26. The van der Waals surface area contributed by atoms with E-state index in [4.69, 9.17) is 9.47 Å². The third-order valence-electron chi connectivity index (χ3n) is 4.78. The predicted octanol–water partition coefficient (Wildman–Crippen LogP) is 3.22. The molecule has 1 fully saturated rings. The lowest BCUT2D eigenvalue weighted by molar-refractivity contribution is -0.143. The highest BCUT2D eigenvalue weighted by atomic mass is 19.4. The van der Waals surface area contributed by atoms with Crippen LogP contribution in [0.2, 0.25) is 0 Å². The van der Waals surface area contributed by atoms with E-state index in [1.165, 1.54) is 4.90 Å². The maximum Gasteiger partial charge on any atom is 0.401 e. The van der Waals surface area contributed by atoms with E-state index in [2.05, 4.69) is 15.6 Å². The van der Waals surface area contributed by atoms with Crippen molar-refractivity contribution < 1.29 is 22.6 Å². The first-order valence-corrected chi connectivity index (χ1v) is 10.5. The number of aryl methyl sites for hydroxylation is 1. The highest BCUT2D eigenvalue weighted by Crippen LogP contribution is 2.28. The molecule has 170 valence electrons. The first-order chi connectivity index (χ1) is 14.3. The van der Waals surface area contributed by atoms with Crippen LogP contribution < -0.4 is 20.1 Å². The summed E-state index contributed by atoms with van der Waals surface area (Å²) >= 11 is 0. The number of nitrogens with one attached hydrogen (secondary N) is 2. The van der Waals surface area contributed by atoms with Crippen LogP contribution in [-0.4, -0.2) is 69.5 Å². The number of hydrogen-bond donors (Lipinski definition) is 2. The summed E-state index contributed by atoms with van der Waals surface area (Å²) in [5.41, 5.74) is 1.14. The summed E-state index contributed by atoms with van der Waals surface area (Å²) in [5.74, 6) is 2.11. The smallest absolute Gasteiger partial charge is 0.401 e. The molecule has 2 rings (SSSR count). The molecule has 1 aromatic carbocycles. The first-order valence-electron chi connectivity index (χ1n) is 10.5. The predicted molar refractivity (Wildman–Crippen MR) is 112 cm³/mol. The fourth-order valence-electron chi connectivity index (χ4n) is 3.48. The molecule has 9 heteroatoms. The van der Waals surface area contributed by atoms with Gasteiger partial charge in [0.05, 0.1) is 20.3 Å². The molecular weight excluding hydrogens is 397 g/mol. The number of ether oxygens (including phenoxy) is 2. The number of halogens is 3. The van der Waals surface area contributed by atoms with Gasteiger partial charge in [0.25, 0.3) is 0 Å². The number of alkyl halides is 3. The Kier molecular flexibility index (Phi) is 9.55. The molecular formula is C21H33F3N4O2. The lowest BCUT2D eigenvalue weighted by Gasteiger charge is -2.19. The Bertz CT molecular complexity index is 683. The molecule has 0 amide bonds. The fourth-order valence-corrected chi connectivity index (χ4v) is 3.48. The van der Waals surface area contributed by atoms with Crippen molar-refractivity contribution in [3.63, 3.8) is 0 Å². The second-order valence-corrected chi connectivity index (χ2v) is 7.26. The standard InChI is InChI=1S/C21H33F3N4O2/c1-4-25-20(27-17-10-12-28(14-17)15-21(22,23)24)26-11-6-7-16-8-9-18(29-3)19(13-16)30-5-2/h8-9,13,17H,4-7,10-12,14-15H2,1-3H3,(H2,25,26,27). The lowest BCUT2D eigenvalue weighted by atomic mass is 10.1. The normalized spacial score (nSPS) is 17.8. The van der Waals surface area contributed by atoms with Gasteiger partial charge in [-0.1, -0.05) is 6.07 Å². The number of aliphatic imine (C=N–C) groups is 1. The van der Waals surface area contributed by atoms with E-state index in [0.29, 0.717) is 50.9 Å². The molecule has 0 spiro atoms. The summed E-state index contributed by atoms with van der Waals surface area (Å²) in [4.78, 5) is 6.01. The molecule has 2 N–H and O–H groups in total. The molecule has 6 nitrogen and oxygen atoms in total. The van der Waals surface area contributed by atoms with Crippen LogP contribution in [0.15, 0.2) is 23.2 Å². The number of hydrogen-bond acceptors (Lipinski definition) is 4. The minimum Gasteiger partial charge on any atom is -0.493 e. The number of nitrogens with zero attached hydrogens (tertiary/aromatic N) is 2. The van der Waals surface area contributed by atoms with E-state index >= 15 is 0 Å². The average Bonchev–Trinajstić information content (AvgIpc) is 3.10. The first kappa shape index (κ1) is 24.1. The zero-order valence-corrected chi connectivity index (χ0v) is 18.0. The molecule has 0 radical (unpaired) electrons. The average molecular weight is 431 g/mol. The minimum atomic E-state index is -4.16. The van der Waals surface area contributed by atoms with Crippen LogP contribution in [0.4, 0.5) is 13.2 Å². The van der Waals surface area contributed by atoms with Crippen LogP contribution in [-0.2, 0) is 6.42 Å². The monoisotopic (exact) mass is 430 g/mol. The molecule has 1 unspecified atom stereocenters. The maximum absolute atomic E-state index is 12.6. The summed E-state index contributed by atoms with van der Waals surface area (Å²) in [6.45, 7) is 5.74. The van der Waals surface area contributed by atoms with Crippen LogP contribution in [0.1, 0.15) is 32.3 Å². The molecule has 1 saturated heterocycles. The summed E-state index contributed by atoms with van der Waals surface area (Å²) in [5, 5.41) is 6.44. The summed E-state index contributed by atoms with van der Waals surface area (Å²) in [6, 6.07) is 5.88. The zero-order chi connectivity index (χ0) is 22.0. The van der Waals surface area contributed by atoms with Gasteiger partial charge >= 0.3 is 6.18 Å². The van der Waals surface area contributed by atoms with E-state index in [9.17, 15) is 13.2 Å². The van der Waals surface area contributed by atoms with Crippen LogP contribution in [0.5, 0.6) is 11.5 Å². The fraction of sp³-hybridized carbons (Fsp3) is 0.667. The van der Waals surface area contributed by atoms with E-state index in [1.54, 1.807) is 7.11 Å². The summed E-state index contributed by atoms with van der Waals surface area (Å²) < 4.78 is 48.6. The van der Waals surface area contributed by atoms with Crippen molar-refractivity contribution in [2.45, 2.75) is 45.3 Å². The Labute approximate surface area is 176 Å². The molecule has 0 saturated carbocycles. The highest BCUT2D eigenvalue weighted by Gasteiger charge is 2.34. The Morgan fingerprint density at radius 3 is 2.73 bits per heavy atom. The maximum atomic E-state index is 12.6. The highest BCUT2D eigenvalue weighted by molar-refractivity contribution is 5.80. The van der Waals surface area contributed by atoms with Gasteiger partial charge in [-0.15, -0.1) is 0 Å². The SMILES string of the molecule is CCNC(=NCCCc1ccc(OC)c(OCC)c1)NC1CCN(CC(F)(F)F)C1. The third-order valence-corrected chi connectivity index (χ3v) is 4.78. The molecule has 0 aliphatic carbocycles. The minimum absolute atomic E-state index is 0.0273. The summed E-state index contributed by atoms with van der Waals surface area (Å²) in [6.07, 6.45) is -1.79. The van der Waals surface area contributed by atoms with Gasteiger partial charge in [0.2, 0.25) is 0 Å². The van der Waals surface area contributed by atoms with Gasteiger partial charge in [-0.2, -0.15) is 13.2 Å². The Morgan fingerprint density at radius 2 is 2.07 bits per heavy atom. The molecule has 0 aromatic heterocycles. The summed E-state index contributed by atoms with van der Waals surface area (Å²) in [7, 11) is 1.62. The molecule has 1 aliphatic rings. The van der Waals surface area contributed by atoms with Crippen molar-refractivity contribution in [3.8, 4) is 11.5 Å². The van der Waals surface area contributed by atoms with Crippen LogP contribution in [0.3, 0.4) is 0 Å². The van der Waals surface area contributed by atoms with Crippen molar-refractivity contribution >= 4 is 5.96 Å². The number of guanidine groups is 1. The zero-order valence-electron chi connectivity index (χ0n) is 18.0. The van der Waals surface area contributed by atoms with Crippen LogP contribution in [0, 0.1) is 0 Å². The van der Waals surface area contributed by atoms with Gasteiger partial charge in [-0.3, -0.25) is 9.89 Å². The van der Waals surface area contributed by atoms with Gasteiger partial charge in [-0.05, 0) is 50.8 Å². The van der Waals surface area contributed by atoms with Crippen molar-refractivity contribution in [1.82, 2.24) is 15.5 Å². The van der Waals surface area contributed by atoms with E-state index in [0.717, 1.165) is 24.2 Å². The van der Waals surface area contributed by atoms with E-state index < -0.39 is 12.7 Å². The number of methoxy groups -OCH3 is 1. The second kappa shape index (κ2) is 11.9. The van der Waals surface area contributed by atoms with Gasteiger partial charge in [0, 0.05) is 32.2 Å². The molecule has 0 bridgehead atoms. The lowest BCUT2D eigenvalue weighted by Crippen LogP contribution is -2.45. The van der Waals surface area contributed by atoms with E-state index in [1.807, 2.05) is 32.0 Å². The van der Waals surface area contributed by atoms with Crippen LogP contribution in [0.25, 0.3) is 0 Å². The van der Waals surface area contributed by atoms with E-state index in [-0.39, 0.29) is 6.04 Å². The van der Waals surface area contributed by atoms with Gasteiger partial charge in [0.15, 0.2) is 17.5 Å². The van der Waals surface area contributed by atoms with Gasteiger partial charge in [0.1, 0.15) is 0 Å². The molecule has 1 heterocycles. The quantitative estimate of drug-likeness (QED) is 0.339. The van der Waals surface area contributed by atoms with Crippen molar-refractivity contribution in [3.05, 3.63) is 23.8 Å². The Hall–Kier alpha value is -2.16. The number of likely N-dealkylation sites (tertiary alicyclic amines) is 1. The molecule has 30 heavy (non-hydrogen) atoms. The number of benzene rings is 1. The molecule has 1 aliphatic heterocycles. The third kappa shape index (κ3) is 8.30. The molecule has 1 aromatic rings. The largest absolute Gasteiger partial charge is 0.493 e. The Morgan fingerprint density at radius 1 is 1.27 bits per heavy atom. The molecule has 1 atom stereocenters. The van der Waals surface area contributed by atoms with Crippen molar-refractivity contribution in [2.24, 2.45) is 4.99 Å². The number of rotatable bonds is 10. The Balaban J connectivity index is 1.83. The van der Waals surface area contributed by atoms with Gasteiger partial charge in [-0.25, -0.2) is 0 Å².